The van der Waals surface area contributed by atoms with Crippen LogP contribution in [0.4, 0.5) is 14.5 Å². The van der Waals surface area contributed by atoms with E-state index in [-0.39, 0.29) is 0 Å². The summed E-state index contributed by atoms with van der Waals surface area (Å²) in [6, 6.07) is 15.4. The number of anilines is 1. The van der Waals surface area contributed by atoms with Crippen LogP contribution in [-0.2, 0) is 6.54 Å². The predicted octanol–water partition coefficient (Wildman–Crippen LogP) is 5.34. The maximum atomic E-state index is 12.2. The van der Waals surface area contributed by atoms with Gasteiger partial charge in [0.25, 0.3) is 5.76 Å². The lowest BCUT2D eigenvalue weighted by Crippen LogP contribution is -1.98. The molecule has 0 atom stereocenters. The van der Waals surface area contributed by atoms with E-state index >= 15 is 0 Å². The Morgan fingerprint density at radius 1 is 0.950 bits per heavy atom. The van der Waals surface area contributed by atoms with Crippen LogP contribution >= 0.6 is 23.5 Å². The first-order valence-electron chi connectivity index (χ1n) is 6.09. The fraction of sp³-hybridized carbons (Fsp3) is 0.200. The van der Waals surface area contributed by atoms with Crippen LogP contribution in [0.25, 0.3) is 0 Å². The van der Waals surface area contributed by atoms with Crippen molar-refractivity contribution in [2.75, 3.05) is 11.6 Å². The second-order valence-electron chi connectivity index (χ2n) is 4.10. The van der Waals surface area contributed by atoms with Crippen molar-refractivity contribution in [3.8, 4) is 0 Å². The van der Waals surface area contributed by atoms with Crippen LogP contribution in [0.3, 0.4) is 0 Å². The minimum Gasteiger partial charge on any atom is -0.381 e. The van der Waals surface area contributed by atoms with Gasteiger partial charge in [0.2, 0.25) is 0 Å². The van der Waals surface area contributed by atoms with E-state index in [4.69, 9.17) is 0 Å². The van der Waals surface area contributed by atoms with Crippen LogP contribution in [0.15, 0.2) is 58.3 Å². The van der Waals surface area contributed by atoms with Gasteiger partial charge in [0.05, 0.1) is 0 Å². The van der Waals surface area contributed by atoms with Gasteiger partial charge in [-0.2, -0.15) is 8.78 Å². The summed E-state index contributed by atoms with van der Waals surface area (Å²) in [5.41, 5.74) is 2.12. The van der Waals surface area contributed by atoms with Gasteiger partial charge in [-0.3, -0.25) is 0 Å². The van der Waals surface area contributed by atoms with Crippen molar-refractivity contribution in [2.45, 2.75) is 22.1 Å². The van der Waals surface area contributed by atoms with Crippen molar-refractivity contribution >= 4 is 29.2 Å². The van der Waals surface area contributed by atoms with Gasteiger partial charge < -0.3 is 5.32 Å². The van der Waals surface area contributed by atoms with Gasteiger partial charge in [-0.25, -0.2) is 0 Å². The molecular weight excluding hydrogens is 296 g/mol. The van der Waals surface area contributed by atoms with Crippen molar-refractivity contribution < 1.29 is 8.78 Å². The molecule has 0 unspecified atom stereocenters. The smallest absolute Gasteiger partial charge is 0.288 e. The van der Waals surface area contributed by atoms with E-state index in [9.17, 15) is 8.78 Å². The SMILES string of the molecule is CSc1ccc(CNc2ccc(SC(F)F)cc2)cc1. The van der Waals surface area contributed by atoms with Crippen molar-refractivity contribution in [1.82, 2.24) is 0 Å². The molecule has 0 fully saturated rings. The third-order valence-electron chi connectivity index (χ3n) is 2.74. The summed E-state index contributed by atoms with van der Waals surface area (Å²) < 4.78 is 24.4. The molecular formula is C15H15F2NS2. The fourth-order valence-corrected chi connectivity index (χ4v) is 2.61. The lowest BCUT2D eigenvalue weighted by molar-refractivity contribution is 0.252. The zero-order chi connectivity index (χ0) is 14.4. The molecule has 2 aromatic carbocycles. The van der Waals surface area contributed by atoms with E-state index in [2.05, 4.69) is 29.6 Å². The van der Waals surface area contributed by atoms with Gasteiger partial charge in [0, 0.05) is 22.0 Å². The number of thioether (sulfide) groups is 2. The van der Waals surface area contributed by atoms with Gasteiger partial charge in [-0.1, -0.05) is 23.9 Å². The largest absolute Gasteiger partial charge is 0.381 e. The zero-order valence-corrected chi connectivity index (χ0v) is 12.6. The Morgan fingerprint density at radius 3 is 2.10 bits per heavy atom. The summed E-state index contributed by atoms with van der Waals surface area (Å²) in [5.74, 6) is -2.37. The minimum absolute atomic E-state index is 0.562. The Kier molecular flexibility index (Phi) is 5.73. The molecule has 0 saturated heterocycles. The number of benzene rings is 2. The molecule has 106 valence electrons. The normalized spacial score (nSPS) is 10.8. The summed E-state index contributed by atoms with van der Waals surface area (Å²) in [4.78, 5) is 1.82. The van der Waals surface area contributed by atoms with E-state index in [1.54, 1.807) is 23.9 Å². The number of hydrogen-bond donors (Lipinski definition) is 1. The third kappa shape index (κ3) is 4.72. The van der Waals surface area contributed by atoms with Crippen molar-refractivity contribution in [3.63, 3.8) is 0 Å². The van der Waals surface area contributed by atoms with Crippen LogP contribution in [-0.4, -0.2) is 12.0 Å². The molecule has 5 heteroatoms. The molecule has 1 N–H and O–H groups in total. The molecule has 2 aromatic rings. The molecule has 0 heterocycles. The molecule has 0 spiro atoms. The van der Waals surface area contributed by atoms with Crippen LogP contribution in [0, 0.1) is 0 Å². The summed E-state index contributed by atoms with van der Waals surface area (Å²) >= 11 is 2.28. The van der Waals surface area contributed by atoms with Crippen molar-refractivity contribution in [1.29, 1.82) is 0 Å². The van der Waals surface area contributed by atoms with E-state index < -0.39 is 5.76 Å². The highest BCUT2D eigenvalue weighted by molar-refractivity contribution is 7.99. The van der Waals surface area contributed by atoms with Gasteiger partial charge >= 0.3 is 0 Å². The quantitative estimate of drug-likeness (QED) is 0.724. The highest BCUT2D eigenvalue weighted by atomic mass is 32.2. The Morgan fingerprint density at radius 2 is 1.55 bits per heavy atom. The van der Waals surface area contributed by atoms with Crippen molar-refractivity contribution in [3.05, 3.63) is 54.1 Å². The lowest BCUT2D eigenvalue weighted by atomic mass is 10.2. The molecule has 0 radical (unpaired) electrons. The standard InChI is InChI=1S/C15H15F2NS2/c1-19-13-6-2-11(3-7-13)10-18-12-4-8-14(9-5-12)20-15(16)17/h2-9,15,18H,10H2,1H3. The molecule has 0 saturated carbocycles. The average molecular weight is 311 g/mol. The molecule has 20 heavy (non-hydrogen) atoms. The molecule has 2 rings (SSSR count). The van der Waals surface area contributed by atoms with Gasteiger partial charge in [0.15, 0.2) is 0 Å². The molecule has 0 amide bonds. The Balaban J connectivity index is 1.89. The van der Waals surface area contributed by atoms with E-state index in [1.165, 1.54) is 10.5 Å². The Labute approximate surface area is 126 Å². The topological polar surface area (TPSA) is 12.0 Å². The van der Waals surface area contributed by atoms with E-state index in [0.29, 0.717) is 16.7 Å². The summed E-state index contributed by atoms with van der Waals surface area (Å²) in [5, 5.41) is 3.28. The lowest BCUT2D eigenvalue weighted by Gasteiger charge is -2.08. The van der Waals surface area contributed by atoms with Crippen LogP contribution in [0.1, 0.15) is 5.56 Å². The first-order chi connectivity index (χ1) is 9.67. The molecule has 0 aromatic heterocycles. The highest BCUT2D eigenvalue weighted by Gasteiger charge is 2.04. The number of halogens is 2. The maximum Gasteiger partial charge on any atom is 0.288 e. The molecule has 0 aliphatic rings. The predicted molar refractivity (Wildman–Crippen MR) is 83.9 cm³/mol. The maximum absolute atomic E-state index is 12.2. The Hall–Kier alpha value is -1.20. The zero-order valence-electron chi connectivity index (χ0n) is 11.0. The second kappa shape index (κ2) is 7.55. The van der Waals surface area contributed by atoms with Gasteiger partial charge in [0.1, 0.15) is 0 Å². The number of nitrogens with one attached hydrogen (secondary N) is 1. The minimum atomic E-state index is -2.37. The third-order valence-corrected chi connectivity index (χ3v) is 4.20. The second-order valence-corrected chi connectivity index (χ2v) is 6.05. The number of alkyl halides is 2. The molecule has 0 bridgehead atoms. The number of rotatable bonds is 6. The summed E-state index contributed by atoms with van der Waals surface area (Å²) in [6.45, 7) is 0.718. The molecule has 1 nitrogen and oxygen atoms in total. The van der Waals surface area contributed by atoms with Crippen LogP contribution in [0.2, 0.25) is 0 Å². The Bertz CT molecular complexity index is 527. The van der Waals surface area contributed by atoms with Crippen LogP contribution in [0.5, 0.6) is 0 Å². The van der Waals surface area contributed by atoms with Crippen LogP contribution < -0.4 is 5.32 Å². The van der Waals surface area contributed by atoms with Crippen molar-refractivity contribution in [2.24, 2.45) is 0 Å². The van der Waals surface area contributed by atoms with E-state index in [0.717, 1.165) is 12.2 Å². The molecule has 0 aliphatic heterocycles. The average Bonchev–Trinajstić information content (AvgIpc) is 2.46. The van der Waals surface area contributed by atoms with Gasteiger partial charge in [-0.15, -0.1) is 11.8 Å². The fourth-order valence-electron chi connectivity index (χ4n) is 1.70. The van der Waals surface area contributed by atoms with Gasteiger partial charge in [-0.05, 0) is 48.2 Å². The first kappa shape index (κ1) is 15.2. The molecule has 0 aliphatic carbocycles. The first-order valence-corrected chi connectivity index (χ1v) is 8.19. The summed E-state index contributed by atoms with van der Waals surface area (Å²) in [6.07, 6.45) is 2.05. The summed E-state index contributed by atoms with van der Waals surface area (Å²) in [7, 11) is 0. The number of hydrogen-bond acceptors (Lipinski definition) is 3. The van der Waals surface area contributed by atoms with E-state index in [1.807, 2.05) is 18.4 Å². The highest BCUT2D eigenvalue weighted by Crippen LogP contribution is 2.26. The monoisotopic (exact) mass is 311 g/mol.